The minimum absolute atomic E-state index is 0.0349. The van der Waals surface area contributed by atoms with Crippen molar-refractivity contribution in [1.29, 1.82) is 0 Å². The lowest BCUT2D eigenvalue weighted by molar-refractivity contribution is 0.101. The molecule has 0 spiro atoms. The molecule has 4 nitrogen and oxygen atoms in total. The fraction of sp³-hybridized carbons (Fsp3) is 0.533. The van der Waals surface area contributed by atoms with Crippen LogP contribution in [0.25, 0.3) is 0 Å². The Balaban J connectivity index is 2.03. The molecule has 1 aromatic rings. The van der Waals surface area contributed by atoms with Gasteiger partial charge in [0.2, 0.25) is 0 Å². The number of Topliss-reactive ketones (excluding diaryl/α,β-unsaturated/α-hetero) is 1. The number of carbonyl (C=O) groups excluding carboxylic acids is 1. The highest BCUT2D eigenvalue weighted by molar-refractivity contribution is 9.10. The summed E-state index contributed by atoms with van der Waals surface area (Å²) in [5.41, 5.74) is 8.34. The second-order valence-corrected chi connectivity index (χ2v) is 6.33. The van der Waals surface area contributed by atoms with E-state index in [2.05, 4.69) is 21.2 Å². The first-order valence-corrected chi connectivity index (χ1v) is 7.77. The highest BCUT2D eigenvalue weighted by Gasteiger charge is 2.19. The minimum atomic E-state index is -0.145. The van der Waals surface area contributed by atoms with Crippen LogP contribution >= 0.6 is 15.9 Å². The number of aliphatic hydroxyl groups excluding tert-OH is 1. The summed E-state index contributed by atoms with van der Waals surface area (Å²) in [6.45, 7) is 2.20. The van der Waals surface area contributed by atoms with E-state index in [0.717, 1.165) is 35.7 Å². The van der Waals surface area contributed by atoms with Gasteiger partial charge in [0.1, 0.15) is 0 Å². The zero-order valence-electron chi connectivity index (χ0n) is 11.7. The van der Waals surface area contributed by atoms with Crippen LogP contribution < -0.4 is 11.1 Å². The van der Waals surface area contributed by atoms with E-state index in [9.17, 15) is 9.90 Å². The van der Waals surface area contributed by atoms with E-state index < -0.39 is 0 Å². The predicted octanol–water partition coefficient (Wildman–Crippen LogP) is 2.63. The quantitative estimate of drug-likeness (QED) is 0.581. The third-order valence-corrected chi connectivity index (χ3v) is 4.56. The summed E-state index contributed by atoms with van der Waals surface area (Å²) in [5, 5.41) is 13.0. The van der Waals surface area contributed by atoms with Crippen molar-refractivity contribution in [2.75, 3.05) is 5.73 Å². The molecule has 20 heavy (non-hydrogen) atoms. The third kappa shape index (κ3) is 3.81. The predicted molar refractivity (Wildman–Crippen MR) is 83.7 cm³/mol. The van der Waals surface area contributed by atoms with Gasteiger partial charge >= 0.3 is 0 Å². The Morgan fingerprint density at radius 1 is 1.40 bits per heavy atom. The van der Waals surface area contributed by atoms with E-state index in [1.807, 2.05) is 6.07 Å². The Hall–Kier alpha value is -0.910. The standard InChI is InChI=1S/C15H21BrN2O2/c1-9(19)10-6-11(15(17)14(16)7-10)8-18-12-2-4-13(20)5-3-12/h6-7,12-13,18,20H,2-5,8,17H2,1H3/t12-,13-. The fourth-order valence-electron chi connectivity index (χ4n) is 2.56. The van der Waals surface area contributed by atoms with Gasteiger partial charge in [-0.05, 0) is 66.2 Å². The molecule has 0 aromatic heterocycles. The van der Waals surface area contributed by atoms with Crippen molar-refractivity contribution < 1.29 is 9.90 Å². The van der Waals surface area contributed by atoms with E-state index in [1.165, 1.54) is 0 Å². The summed E-state index contributed by atoms with van der Waals surface area (Å²) < 4.78 is 0.765. The van der Waals surface area contributed by atoms with Crippen LogP contribution in [0.1, 0.15) is 48.5 Å². The molecule has 0 atom stereocenters. The Bertz CT molecular complexity index is 497. The van der Waals surface area contributed by atoms with Crippen molar-refractivity contribution >= 4 is 27.4 Å². The van der Waals surface area contributed by atoms with E-state index >= 15 is 0 Å². The van der Waals surface area contributed by atoms with E-state index in [0.29, 0.717) is 23.8 Å². The molecule has 0 amide bonds. The second-order valence-electron chi connectivity index (χ2n) is 5.47. The first-order valence-electron chi connectivity index (χ1n) is 6.97. The number of hydrogen-bond acceptors (Lipinski definition) is 4. The van der Waals surface area contributed by atoms with Crippen LogP contribution in [0, 0.1) is 0 Å². The van der Waals surface area contributed by atoms with Crippen LogP contribution in [0.15, 0.2) is 16.6 Å². The molecule has 1 saturated carbocycles. The largest absolute Gasteiger partial charge is 0.398 e. The SMILES string of the molecule is CC(=O)c1cc(Br)c(N)c(CN[C@H]2CC[C@H](O)CC2)c1. The molecule has 0 saturated heterocycles. The molecular weight excluding hydrogens is 320 g/mol. The number of rotatable bonds is 4. The Kier molecular flexibility index (Phi) is 5.18. The highest BCUT2D eigenvalue weighted by atomic mass is 79.9. The van der Waals surface area contributed by atoms with Gasteiger partial charge in [0.05, 0.1) is 11.8 Å². The number of carbonyl (C=O) groups is 1. The smallest absolute Gasteiger partial charge is 0.159 e. The molecule has 1 aliphatic rings. The van der Waals surface area contributed by atoms with E-state index in [1.54, 1.807) is 13.0 Å². The molecule has 0 bridgehead atoms. The molecule has 1 aromatic carbocycles. The maximum Gasteiger partial charge on any atom is 0.159 e. The van der Waals surface area contributed by atoms with Gasteiger partial charge in [-0.25, -0.2) is 0 Å². The number of anilines is 1. The summed E-state index contributed by atoms with van der Waals surface area (Å²) >= 11 is 3.40. The summed E-state index contributed by atoms with van der Waals surface area (Å²) in [4.78, 5) is 11.5. The lowest BCUT2D eigenvalue weighted by atomic mass is 9.93. The summed E-state index contributed by atoms with van der Waals surface area (Å²) in [5.74, 6) is 0.0349. The number of hydrogen-bond donors (Lipinski definition) is 3. The average Bonchev–Trinajstić information content (AvgIpc) is 2.42. The molecule has 0 radical (unpaired) electrons. The van der Waals surface area contributed by atoms with Gasteiger partial charge < -0.3 is 16.2 Å². The third-order valence-electron chi connectivity index (χ3n) is 3.90. The molecule has 1 aliphatic carbocycles. The summed E-state index contributed by atoms with van der Waals surface area (Å²) in [7, 11) is 0. The molecule has 110 valence electrons. The van der Waals surface area contributed by atoms with Gasteiger partial charge in [-0.1, -0.05) is 0 Å². The second kappa shape index (κ2) is 6.70. The van der Waals surface area contributed by atoms with Crippen molar-refractivity contribution in [3.8, 4) is 0 Å². The van der Waals surface area contributed by atoms with Crippen LogP contribution in [0.5, 0.6) is 0 Å². The van der Waals surface area contributed by atoms with Crippen molar-refractivity contribution in [2.24, 2.45) is 0 Å². The van der Waals surface area contributed by atoms with Crippen LogP contribution in [-0.4, -0.2) is 23.0 Å². The van der Waals surface area contributed by atoms with Gasteiger partial charge in [0.15, 0.2) is 5.78 Å². The molecular formula is C15H21BrN2O2. The van der Waals surface area contributed by atoms with E-state index in [-0.39, 0.29) is 11.9 Å². The lowest BCUT2D eigenvalue weighted by Crippen LogP contribution is -2.34. The van der Waals surface area contributed by atoms with Crippen LogP contribution in [0.3, 0.4) is 0 Å². The monoisotopic (exact) mass is 340 g/mol. The van der Waals surface area contributed by atoms with Gasteiger partial charge in [-0.2, -0.15) is 0 Å². The molecule has 5 heteroatoms. The minimum Gasteiger partial charge on any atom is -0.398 e. The number of benzene rings is 1. The normalized spacial score (nSPS) is 22.8. The zero-order chi connectivity index (χ0) is 14.7. The first-order chi connectivity index (χ1) is 9.47. The maximum absolute atomic E-state index is 11.5. The van der Waals surface area contributed by atoms with Crippen LogP contribution in [0.4, 0.5) is 5.69 Å². The number of nitrogens with one attached hydrogen (secondary N) is 1. The first kappa shape index (κ1) is 15.5. The summed E-state index contributed by atoms with van der Waals surface area (Å²) in [6, 6.07) is 4.03. The molecule has 0 heterocycles. The van der Waals surface area contributed by atoms with Crippen molar-refractivity contribution in [2.45, 2.75) is 51.3 Å². The lowest BCUT2D eigenvalue weighted by Gasteiger charge is -2.26. The van der Waals surface area contributed by atoms with Crippen molar-refractivity contribution in [1.82, 2.24) is 5.32 Å². The Labute approximate surface area is 127 Å². The van der Waals surface area contributed by atoms with Gasteiger partial charge in [-0.15, -0.1) is 0 Å². The Morgan fingerprint density at radius 2 is 2.05 bits per heavy atom. The molecule has 2 rings (SSSR count). The number of halogens is 1. The maximum atomic E-state index is 11.5. The number of ketones is 1. The fourth-order valence-corrected chi connectivity index (χ4v) is 3.06. The molecule has 4 N–H and O–H groups in total. The van der Waals surface area contributed by atoms with Crippen molar-refractivity contribution in [3.05, 3.63) is 27.7 Å². The number of nitrogens with two attached hydrogens (primary N) is 1. The zero-order valence-corrected chi connectivity index (χ0v) is 13.2. The molecule has 1 fully saturated rings. The number of nitrogen functional groups attached to an aromatic ring is 1. The van der Waals surface area contributed by atoms with E-state index in [4.69, 9.17) is 5.73 Å². The number of aliphatic hydroxyl groups is 1. The molecule has 0 unspecified atom stereocenters. The average molecular weight is 341 g/mol. The van der Waals surface area contributed by atoms with Crippen molar-refractivity contribution in [3.63, 3.8) is 0 Å². The van der Waals surface area contributed by atoms with Gasteiger partial charge in [0, 0.05) is 22.6 Å². The van der Waals surface area contributed by atoms with Gasteiger partial charge in [-0.3, -0.25) is 4.79 Å². The van der Waals surface area contributed by atoms with Gasteiger partial charge in [0.25, 0.3) is 0 Å². The van der Waals surface area contributed by atoms with Crippen LogP contribution in [-0.2, 0) is 6.54 Å². The topological polar surface area (TPSA) is 75.4 Å². The molecule has 0 aliphatic heterocycles. The highest BCUT2D eigenvalue weighted by Crippen LogP contribution is 2.26. The summed E-state index contributed by atoms with van der Waals surface area (Å²) in [6.07, 6.45) is 3.52. The Morgan fingerprint density at radius 3 is 2.65 bits per heavy atom. The van der Waals surface area contributed by atoms with Crippen LogP contribution in [0.2, 0.25) is 0 Å².